The van der Waals surface area contributed by atoms with Gasteiger partial charge in [-0.1, -0.05) is 0 Å². The first-order valence-corrected chi connectivity index (χ1v) is 6.77. The summed E-state index contributed by atoms with van der Waals surface area (Å²) in [7, 11) is 0. The highest BCUT2D eigenvalue weighted by Gasteiger charge is 2.27. The number of aryl methyl sites for hydroxylation is 2. The van der Waals surface area contributed by atoms with Gasteiger partial charge >= 0.3 is 0 Å². The van der Waals surface area contributed by atoms with E-state index in [2.05, 4.69) is 9.36 Å². The van der Waals surface area contributed by atoms with Crippen molar-refractivity contribution in [3.63, 3.8) is 0 Å². The number of aromatic nitrogens is 2. The Morgan fingerprint density at radius 3 is 3.05 bits per heavy atom. The molecule has 1 amide bonds. The van der Waals surface area contributed by atoms with Crippen molar-refractivity contribution in [1.29, 1.82) is 0 Å². The van der Waals surface area contributed by atoms with Crippen molar-refractivity contribution >= 4 is 23.1 Å². The monoisotopic (exact) mass is 275 g/mol. The van der Waals surface area contributed by atoms with E-state index < -0.39 is 0 Å². The standard InChI is InChI=1S/C13H13N3O2S/c1-8-12(9(2)19-15-8)13(17)16-5-6-18-11-3-4-14-7-10(11)16/h3-4,7H,5-6H2,1-2H3. The fourth-order valence-corrected chi connectivity index (χ4v) is 2.89. The fraction of sp³-hybridized carbons (Fsp3) is 0.308. The molecule has 0 radical (unpaired) electrons. The highest BCUT2D eigenvalue weighted by Crippen LogP contribution is 2.32. The van der Waals surface area contributed by atoms with E-state index in [1.165, 1.54) is 11.5 Å². The zero-order valence-corrected chi connectivity index (χ0v) is 11.5. The van der Waals surface area contributed by atoms with Crippen LogP contribution in [0.2, 0.25) is 0 Å². The van der Waals surface area contributed by atoms with Crippen LogP contribution in [-0.4, -0.2) is 28.4 Å². The first kappa shape index (κ1) is 12.1. The van der Waals surface area contributed by atoms with Gasteiger partial charge in [-0.05, 0) is 25.4 Å². The van der Waals surface area contributed by atoms with E-state index in [9.17, 15) is 4.79 Å². The summed E-state index contributed by atoms with van der Waals surface area (Å²) in [5, 5.41) is 0. The van der Waals surface area contributed by atoms with Crippen molar-refractivity contribution in [3.05, 3.63) is 34.6 Å². The van der Waals surface area contributed by atoms with Gasteiger partial charge in [0.25, 0.3) is 5.91 Å². The lowest BCUT2D eigenvalue weighted by atomic mass is 10.1. The van der Waals surface area contributed by atoms with Crippen molar-refractivity contribution in [2.24, 2.45) is 0 Å². The summed E-state index contributed by atoms with van der Waals surface area (Å²) < 4.78 is 9.77. The van der Waals surface area contributed by atoms with Gasteiger partial charge in [-0.25, -0.2) is 0 Å². The Hall–Kier alpha value is -1.95. The van der Waals surface area contributed by atoms with Crippen molar-refractivity contribution in [1.82, 2.24) is 9.36 Å². The van der Waals surface area contributed by atoms with E-state index in [1.807, 2.05) is 13.8 Å². The van der Waals surface area contributed by atoms with E-state index >= 15 is 0 Å². The quantitative estimate of drug-likeness (QED) is 0.800. The number of ether oxygens (including phenoxy) is 1. The molecular formula is C13H13N3O2S. The maximum Gasteiger partial charge on any atom is 0.261 e. The number of fused-ring (bicyclic) bond motifs is 1. The Balaban J connectivity index is 2.03. The van der Waals surface area contributed by atoms with E-state index in [4.69, 9.17) is 4.74 Å². The lowest BCUT2D eigenvalue weighted by molar-refractivity contribution is 0.0975. The molecule has 5 nitrogen and oxygen atoms in total. The molecule has 1 aliphatic heterocycles. The predicted octanol–water partition coefficient (Wildman–Crippen LogP) is 2.19. The largest absolute Gasteiger partial charge is 0.489 e. The van der Waals surface area contributed by atoms with E-state index in [1.54, 1.807) is 23.4 Å². The van der Waals surface area contributed by atoms with Gasteiger partial charge in [0.1, 0.15) is 18.0 Å². The summed E-state index contributed by atoms with van der Waals surface area (Å²) in [6, 6.07) is 1.78. The SMILES string of the molecule is Cc1nsc(C)c1C(=O)N1CCOc2ccncc21. The van der Waals surface area contributed by atoms with E-state index in [-0.39, 0.29) is 5.91 Å². The molecule has 98 valence electrons. The minimum absolute atomic E-state index is 0.0266. The number of anilines is 1. The zero-order valence-electron chi connectivity index (χ0n) is 10.7. The number of pyridine rings is 1. The maximum absolute atomic E-state index is 12.7. The first-order valence-electron chi connectivity index (χ1n) is 6.00. The molecule has 2 aromatic rings. The number of carbonyl (C=O) groups excluding carboxylic acids is 1. The molecule has 0 saturated heterocycles. The molecule has 0 aliphatic carbocycles. The van der Waals surface area contributed by atoms with E-state index in [0.717, 1.165) is 16.3 Å². The Labute approximate surface area is 115 Å². The van der Waals surface area contributed by atoms with Crippen LogP contribution >= 0.6 is 11.5 Å². The van der Waals surface area contributed by atoms with Crippen LogP contribution in [-0.2, 0) is 0 Å². The average Bonchev–Trinajstić information content (AvgIpc) is 2.77. The maximum atomic E-state index is 12.7. The van der Waals surface area contributed by atoms with E-state index in [0.29, 0.717) is 24.5 Å². The third kappa shape index (κ3) is 1.98. The van der Waals surface area contributed by atoms with Crippen molar-refractivity contribution in [3.8, 4) is 5.75 Å². The van der Waals surface area contributed by atoms with Crippen LogP contribution in [0.1, 0.15) is 20.9 Å². The van der Waals surface area contributed by atoms with Crippen LogP contribution < -0.4 is 9.64 Å². The second kappa shape index (κ2) is 4.62. The molecule has 19 heavy (non-hydrogen) atoms. The lowest BCUT2D eigenvalue weighted by Gasteiger charge is -2.29. The van der Waals surface area contributed by atoms with Crippen LogP contribution in [0.3, 0.4) is 0 Å². The molecule has 0 spiro atoms. The molecule has 3 rings (SSSR count). The summed E-state index contributed by atoms with van der Waals surface area (Å²) >= 11 is 1.36. The molecule has 2 aromatic heterocycles. The molecule has 0 unspecified atom stereocenters. The number of carbonyl (C=O) groups is 1. The summed E-state index contributed by atoms with van der Waals surface area (Å²) in [5.41, 5.74) is 2.20. The highest BCUT2D eigenvalue weighted by atomic mass is 32.1. The summed E-state index contributed by atoms with van der Waals surface area (Å²) in [6.07, 6.45) is 3.33. The molecule has 0 N–H and O–H groups in total. The van der Waals surface area contributed by atoms with Crippen LogP contribution in [0, 0.1) is 13.8 Å². The summed E-state index contributed by atoms with van der Waals surface area (Å²) in [4.78, 5) is 19.4. The minimum Gasteiger partial charge on any atom is -0.489 e. The molecule has 0 saturated carbocycles. The van der Waals surface area contributed by atoms with Crippen LogP contribution in [0.4, 0.5) is 5.69 Å². The molecule has 0 bridgehead atoms. The number of hydrogen-bond acceptors (Lipinski definition) is 5. The van der Waals surface area contributed by atoms with Crippen molar-refractivity contribution in [2.75, 3.05) is 18.1 Å². The lowest BCUT2D eigenvalue weighted by Crippen LogP contribution is -2.38. The Bertz CT molecular complexity index is 619. The van der Waals surface area contributed by atoms with Gasteiger partial charge in [0, 0.05) is 17.1 Å². The predicted molar refractivity (Wildman–Crippen MR) is 73.0 cm³/mol. The third-order valence-electron chi connectivity index (χ3n) is 3.12. The number of nitrogens with zero attached hydrogens (tertiary/aromatic N) is 3. The molecule has 6 heteroatoms. The van der Waals surface area contributed by atoms with Gasteiger partial charge in [-0.3, -0.25) is 9.78 Å². The second-order valence-electron chi connectivity index (χ2n) is 4.35. The molecule has 0 atom stereocenters. The van der Waals surface area contributed by atoms with Gasteiger partial charge in [0.15, 0.2) is 0 Å². The van der Waals surface area contributed by atoms with Gasteiger partial charge in [0.05, 0.1) is 24.0 Å². The fourth-order valence-electron chi connectivity index (χ4n) is 2.20. The normalized spacial score (nSPS) is 13.9. The Morgan fingerprint density at radius 1 is 1.47 bits per heavy atom. The summed E-state index contributed by atoms with van der Waals surface area (Å²) in [6.45, 7) is 4.81. The van der Waals surface area contributed by atoms with Gasteiger partial charge in [-0.15, -0.1) is 0 Å². The molecule has 3 heterocycles. The van der Waals surface area contributed by atoms with Crippen LogP contribution in [0.5, 0.6) is 5.75 Å². The van der Waals surface area contributed by atoms with Crippen molar-refractivity contribution in [2.45, 2.75) is 13.8 Å². The van der Waals surface area contributed by atoms with Gasteiger partial charge < -0.3 is 9.64 Å². The second-order valence-corrected chi connectivity index (χ2v) is 5.33. The number of rotatable bonds is 1. The zero-order chi connectivity index (χ0) is 13.4. The Morgan fingerprint density at radius 2 is 2.32 bits per heavy atom. The minimum atomic E-state index is -0.0266. The van der Waals surface area contributed by atoms with Crippen LogP contribution in [0.25, 0.3) is 0 Å². The highest BCUT2D eigenvalue weighted by molar-refractivity contribution is 7.06. The molecule has 1 aliphatic rings. The van der Waals surface area contributed by atoms with Gasteiger partial charge in [-0.2, -0.15) is 4.37 Å². The van der Waals surface area contributed by atoms with Crippen molar-refractivity contribution < 1.29 is 9.53 Å². The third-order valence-corrected chi connectivity index (χ3v) is 3.96. The summed E-state index contributed by atoms with van der Waals surface area (Å²) in [5.74, 6) is 0.675. The molecule has 0 fully saturated rings. The number of amides is 1. The average molecular weight is 275 g/mol. The van der Waals surface area contributed by atoms with Gasteiger partial charge in [0.2, 0.25) is 0 Å². The number of hydrogen-bond donors (Lipinski definition) is 0. The smallest absolute Gasteiger partial charge is 0.261 e. The molecule has 0 aromatic carbocycles. The van der Waals surface area contributed by atoms with Crippen LogP contribution in [0.15, 0.2) is 18.5 Å². The molecular weight excluding hydrogens is 262 g/mol. The first-order chi connectivity index (χ1) is 9.18. The Kier molecular flexibility index (Phi) is 2.94. The topological polar surface area (TPSA) is 55.3 Å².